The topological polar surface area (TPSA) is 58.8 Å². The summed E-state index contributed by atoms with van der Waals surface area (Å²) in [6.07, 6.45) is 1.74. The van der Waals surface area contributed by atoms with Gasteiger partial charge in [-0.2, -0.15) is 0 Å². The van der Waals surface area contributed by atoms with Crippen molar-refractivity contribution in [3.05, 3.63) is 17.5 Å². The molecule has 2 aliphatic heterocycles. The number of piperazine rings is 1. The third-order valence-corrected chi connectivity index (χ3v) is 4.31. The van der Waals surface area contributed by atoms with Crippen LogP contribution in [0.3, 0.4) is 0 Å². The van der Waals surface area contributed by atoms with E-state index in [9.17, 15) is 4.79 Å². The van der Waals surface area contributed by atoms with Crippen LogP contribution in [0.2, 0.25) is 0 Å². The zero-order valence-electron chi connectivity index (χ0n) is 12.6. The van der Waals surface area contributed by atoms with E-state index in [1.54, 1.807) is 0 Å². The molecule has 6 nitrogen and oxygen atoms in total. The summed E-state index contributed by atoms with van der Waals surface area (Å²) < 4.78 is 10.6. The molecule has 0 radical (unpaired) electrons. The minimum absolute atomic E-state index is 0.169. The SMILES string of the molecule is Cc1cc(CN2CCN(C(=O)C3CCOCC3)CC2)on1. The number of amides is 1. The highest BCUT2D eigenvalue weighted by atomic mass is 16.5. The van der Waals surface area contributed by atoms with Crippen LogP contribution in [0.25, 0.3) is 0 Å². The first kappa shape index (κ1) is 14.5. The Morgan fingerprint density at radius 3 is 2.62 bits per heavy atom. The first-order chi connectivity index (χ1) is 10.2. The summed E-state index contributed by atoms with van der Waals surface area (Å²) in [5, 5.41) is 3.91. The zero-order chi connectivity index (χ0) is 14.7. The van der Waals surface area contributed by atoms with Crippen molar-refractivity contribution in [3.8, 4) is 0 Å². The molecule has 21 heavy (non-hydrogen) atoms. The molecule has 3 rings (SSSR count). The maximum absolute atomic E-state index is 12.4. The fourth-order valence-electron chi connectivity index (χ4n) is 3.04. The normalized spacial score (nSPS) is 21.7. The van der Waals surface area contributed by atoms with Crippen LogP contribution in [0.4, 0.5) is 0 Å². The number of rotatable bonds is 3. The predicted molar refractivity (Wildman–Crippen MR) is 76.6 cm³/mol. The molecule has 1 aromatic heterocycles. The molecule has 0 atom stereocenters. The third-order valence-electron chi connectivity index (χ3n) is 4.31. The number of carbonyl (C=O) groups excluding carboxylic acids is 1. The number of carbonyl (C=O) groups is 1. The lowest BCUT2D eigenvalue weighted by Crippen LogP contribution is -2.50. The Morgan fingerprint density at radius 1 is 1.29 bits per heavy atom. The minimum Gasteiger partial charge on any atom is -0.381 e. The van der Waals surface area contributed by atoms with E-state index in [1.807, 2.05) is 17.9 Å². The average Bonchev–Trinajstić information content (AvgIpc) is 2.93. The Labute approximate surface area is 125 Å². The molecule has 116 valence electrons. The molecule has 3 heterocycles. The van der Waals surface area contributed by atoms with Gasteiger partial charge in [0.2, 0.25) is 5.91 Å². The third kappa shape index (κ3) is 3.63. The van der Waals surface area contributed by atoms with Crippen LogP contribution in [-0.2, 0) is 16.1 Å². The summed E-state index contributed by atoms with van der Waals surface area (Å²) in [5.74, 6) is 1.38. The molecule has 0 aliphatic carbocycles. The quantitative estimate of drug-likeness (QED) is 0.834. The van der Waals surface area contributed by atoms with Crippen molar-refractivity contribution in [1.29, 1.82) is 0 Å². The lowest BCUT2D eigenvalue weighted by atomic mass is 9.98. The van der Waals surface area contributed by atoms with E-state index in [-0.39, 0.29) is 5.92 Å². The van der Waals surface area contributed by atoms with Crippen molar-refractivity contribution in [1.82, 2.24) is 15.0 Å². The van der Waals surface area contributed by atoms with Crippen molar-refractivity contribution < 1.29 is 14.1 Å². The summed E-state index contributed by atoms with van der Waals surface area (Å²) in [4.78, 5) is 16.8. The summed E-state index contributed by atoms with van der Waals surface area (Å²) in [7, 11) is 0. The van der Waals surface area contributed by atoms with E-state index in [2.05, 4.69) is 10.1 Å². The van der Waals surface area contributed by atoms with Crippen LogP contribution < -0.4 is 0 Å². The number of ether oxygens (including phenoxy) is 1. The van der Waals surface area contributed by atoms with Gasteiger partial charge in [-0.25, -0.2) is 0 Å². The highest BCUT2D eigenvalue weighted by molar-refractivity contribution is 5.79. The minimum atomic E-state index is 0.169. The lowest BCUT2D eigenvalue weighted by Gasteiger charge is -2.36. The molecule has 2 saturated heterocycles. The molecular formula is C15H23N3O3. The number of nitrogens with zero attached hydrogens (tertiary/aromatic N) is 3. The Hall–Kier alpha value is -1.40. The van der Waals surface area contributed by atoms with Crippen LogP contribution in [0.5, 0.6) is 0 Å². The molecule has 1 amide bonds. The van der Waals surface area contributed by atoms with Gasteiger partial charge < -0.3 is 14.2 Å². The van der Waals surface area contributed by atoms with Crippen molar-refractivity contribution >= 4 is 5.91 Å². The average molecular weight is 293 g/mol. The van der Waals surface area contributed by atoms with E-state index in [0.717, 1.165) is 70.2 Å². The molecule has 0 N–H and O–H groups in total. The zero-order valence-corrected chi connectivity index (χ0v) is 12.6. The summed E-state index contributed by atoms with van der Waals surface area (Å²) >= 11 is 0. The largest absolute Gasteiger partial charge is 0.381 e. The van der Waals surface area contributed by atoms with Crippen LogP contribution in [-0.4, -0.2) is 60.3 Å². The summed E-state index contributed by atoms with van der Waals surface area (Å²) in [6, 6.07) is 1.97. The maximum atomic E-state index is 12.4. The Bertz CT molecular complexity index is 474. The molecule has 0 saturated carbocycles. The second kappa shape index (κ2) is 6.58. The van der Waals surface area contributed by atoms with E-state index in [0.29, 0.717) is 5.91 Å². The number of aromatic nitrogens is 1. The highest BCUT2D eigenvalue weighted by Gasteiger charge is 2.28. The van der Waals surface area contributed by atoms with Gasteiger partial charge >= 0.3 is 0 Å². The van der Waals surface area contributed by atoms with Gasteiger partial charge in [0.15, 0.2) is 5.76 Å². The van der Waals surface area contributed by atoms with Gasteiger partial charge in [-0.1, -0.05) is 5.16 Å². The molecule has 2 aliphatic rings. The molecule has 0 unspecified atom stereocenters. The van der Waals surface area contributed by atoms with E-state index >= 15 is 0 Å². The second-order valence-corrected chi connectivity index (χ2v) is 5.92. The highest BCUT2D eigenvalue weighted by Crippen LogP contribution is 2.19. The number of aryl methyl sites for hydroxylation is 1. The molecule has 2 fully saturated rings. The monoisotopic (exact) mass is 293 g/mol. The van der Waals surface area contributed by atoms with Gasteiger partial charge in [0.1, 0.15) is 0 Å². The Morgan fingerprint density at radius 2 is 2.00 bits per heavy atom. The van der Waals surface area contributed by atoms with Crippen molar-refractivity contribution in [2.75, 3.05) is 39.4 Å². The smallest absolute Gasteiger partial charge is 0.225 e. The molecular weight excluding hydrogens is 270 g/mol. The predicted octanol–water partition coefficient (Wildman–Crippen LogP) is 1.05. The van der Waals surface area contributed by atoms with Crippen molar-refractivity contribution in [2.45, 2.75) is 26.3 Å². The molecule has 1 aromatic rings. The van der Waals surface area contributed by atoms with Crippen LogP contribution in [0.15, 0.2) is 10.6 Å². The van der Waals surface area contributed by atoms with Gasteiger partial charge in [0.25, 0.3) is 0 Å². The fraction of sp³-hybridized carbons (Fsp3) is 0.733. The van der Waals surface area contributed by atoms with Crippen molar-refractivity contribution in [3.63, 3.8) is 0 Å². The molecule has 0 bridgehead atoms. The summed E-state index contributed by atoms with van der Waals surface area (Å²) in [6.45, 7) is 7.57. The first-order valence-electron chi connectivity index (χ1n) is 7.73. The van der Waals surface area contributed by atoms with Crippen LogP contribution in [0, 0.1) is 12.8 Å². The number of hydrogen-bond donors (Lipinski definition) is 0. The number of hydrogen-bond acceptors (Lipinski definition) is 5. The van der Waals surface area contributed by atoms with Crippen molar-refractivity contribution in [2.24, 2.45) is 5.92 Å². The molecule has 0 spiro atoms. The standard InChI is InChI=1S/C15H23N3O3/c1-12-10-14(21-16-12)11-17-4-6-18(7-5-17)15(19)13-2-8-20-9-3-13/h10,13H,2-9,11H2,1H3. The van der Waals surface area contributed by atoms with Gasteiger partial charge in [-0.15, -0.1) is 0 Å². The maximum Gasteiger partial charge on any atom is 0.225 e. The Balaban J connectivity index is 1.47. The first-order valence-corrected chi connectivity index (χ1v) is 7.73. The van der Waals surface area contributed by atoms with Gasteiger partial charge in [0, 0.05) is 51.4 Å². The van der Waals surface area contributed by atoms with Gasteiger partial charge in [0.05, 0.1) is 12.2 Å². The van der Waals surface area contributed by atoms with Gasteiger partial charge in [-0.3, -0.25) is 9.69 Å². The molecule has 0 aromatic carbocycles. The van der Waals surface area contributed by atoms with E-state index in [4.69, 9.17) is 9.26 Å². The lowest BCUT2D eigenvalue weighted by molar-refractivity contribution is -0.140. The second-order valence-electron chi connectivity index (χ2n) is 5.92. The Kier molecular flexibility index (Phi) is 4.55. The van der Waals surface area contributed by atoms with Crippen LogP contribution in [0.1, 0.15) is 24.3 Å². The summed E-state index contributed by atoms with van der Waals surface area (Å²) in [5.41, 5.74) is 0.915. The van der Waals surface area contributed by atoms with E-state index in [1.165, 1.54) is 0 Å². The van der Waals surface area contributed by atoms with Crippen LogP contribution >= 0.6 is 0 Å². The molecule has 6 heteroatoms. The fourth-order valence-corrected chi connectivity index (χ4v) is 3.04. The van der Waals surface area contributed by atoms with E-state index < -0.39 is 0 Å². The van der Waals surface area contributed by atoms with Gasteiger partial charge in [-0.05, 0) is 19.8 Å².